The Labute approximate surface area is 155 Å². The second kappa shape index (κ2) is 7.94. The highest BCUT2D eigenvalue weighted by molar-refractivity contribution is 7.91. The van der Waals surface area contributed by atoms with Gasteiger partial charge in [0.15, 0.2) is 0 Å². The Balaban J connectivity index is 1.51. The van der Waals surface area contributed by atoms with Crippen LogP contribution in [0.4, 0.5) is 0 Å². The molecule has 2 aromatic heterocycles. The summed E-state index contributed by atoms with van der Waals surface area (Å²) in [7, 11) is -3.43. The summed E-state index contributed by atoms with van der Waals surface area (Å²) in [6.07, 6.45) is 1.84. The Bertz CT molecular complexity index is 806. The summed E-state index contributed by atoms with van der Waals surface area (Å²) in [6, 6.07) is 3.34. The zero-order valence-corrected chi connectivity index (χ0v) is 16.3. The molecule has 25 heavy (non-hydrogen) atoms. The number of aromatic nitrogens is 1. The molecular formula is C16H20N2O4S3. The maximum Gasteiger partial charge on any atom is 0.309 e. The second-order valence-corrected chi connectivity index (χ2v) is 9.86. The van der Waals surface area contributed by atoms with Crippen molar-refractivity contribution in [3.05, 3.63) is 33.6 Å². The van der Waals surface area contributed by atoms with Gasteiger partial charge in [-0.05, 0) is 30.7 Å². The van der Waals surface area contributed by atoms with Crippen LogP contribution >= 0.6 is 22.7 Å². The molecule has 0 aliphatic carbocycles. The van der Waals surface area contributed by atoms with Gasteiger partial charge in [-0.15, -0.1) is 22.7 Å². The van der Waals surface area contributed by atoms with E-state index < -0.39 is 10.0 Å². The van der Waals surface area contributed by atoms with Crippen LogP contribution in [0.25, 0.3) is 0 Å². The number of carbonyl (C=O) groups excluding carboxylic acids is 1. The number of rotatable bonds is 6. The van der Waals surface area contributed by atoms with E-state index in [1.54, 1.807) is 28.8 Å². The zero-order chi connectivity index (χ0) is 17.9. The summed E-state index contributed by atoms with van der Waals surface area (Å²) in [4.78, 5) is 16.6. The third-order valence-corrected chi connectivity index (χ3v) is 8.45. The van der Waals surface area contributed by atoms with Gasteiger partial charge in [0.2, 0.25) is 0 Å². The van der Waals surface area contributed by atoms with E-state index in [2.05, 4.69) is 4.98 Å². The molecule has 0 bridgehead atoms. The predicted octanol–water partition coefficient (Wildman–Crippen LogP) is 2.91. The number of thiazole rings is 1. The lowest BCUT2D eigenvalue weighted by atomic mass is 9.98. The van der Waals surface area contributed by atoms with Crippen LogP contribution in [0.1, 0.15) is 30.5 Å². The number of carbonyl (C=O) groups is 1. The molecule has 0 N–H and O–H groups in total. The minimum absolute atomic E-state index is 0.184. The molecule has 9 heteroatoms. The number of sulfonamides is 1. The highest BCUT2D eigenvalue weighted by Gasteiger charge is 2.33. The van der Waals surface area contributed by atoms with Gasteiger partial charge < -0.3 is 4.74 Å². The fourth-order valence-corrected chi connectivity index (χ4v) is 6.05. The number of nitrogens with zero attached hydrogens (tertiary/aromatic N) is 2. The smallest absolute Gasteiger partial charge is 0.309 e. The number of esters is 1. The summed E-state index contributed by atoms with van der Waals surface area (Å²) in [5.74, 6) is -0.515. The number of aryl methyl sites for hydroxylation is 1. The first-order valence-electron chi connectivity index (χ1n) is 8.14. The molecule has 1 fully saturated rings. The molecule has 0 spiro atoms. The van der Waals surface area contributed by atoms with E-state index in [0.717, 1.165) is 17.1 Å². The molecule has 2 aromatic rings. The Kier molecular flexibility index (Phi) is 5.88. The maximum absolute atomic E-state index is 12.5. The fraction of sp³-hybridized carbons (Fsp3) is 0.500. The van der Waals surface area contributed by atoms with Gasteiger partial charge in [-0.2, -0.15) is 4.31 Å². The van der Waals surface area contributed by atoms with E-state index in [1.807, 2.05) is 12.3 Å². The van der Waals surface area contributed by atoms with Crippen LogP contribution in [0.3, 0.4) is 0 Å². The Morgan fingerprint density at radius 2 is 2.12 bits per heavy atom. The first-order chi connectivity index (χ1) is 12.0. The molecule has 0 saturated carbocycles. The van der Waals surface area contributed by atoms with Crippen molar-refractivity contribution in [3.8, 4) is 0 Å². The second-order valence-electron chi connectivity index (χ2n) is 5.80. The molecule has 0 aromatic carbocycles. The van der Waals surface area contributed by atoms with Crippen LogP contribution < -0.4 is 0 Å². The molecule has 0 unspecified atom stereocenters. The Morgan fingerprint density at radius 1 is 1.36 bits per heavy atom. The lowest BCUT2D eigenvalue weighted by Crippen LogP contribution is -2.40. The third-order valence-electron chi connectivity index (χ3n) is 4.14. The summed E-state index contributed by atoms with van der Waals surface area (Å²) in [5.41, 5.74) is 0.771. The number of hydrogen-bond donors (Lipinski definition) is 0. The summed E-state index contributed by atoms with van der Waals surface area (Å²) in [5, 5.41) is 4.68. The number of hydrogen-bond acceptors (Lipinski definition) is 7. The average Bonchev–Trinajstić information content (AvgIpc) is 3.31. The topological polar surface area (TPSA) is 76.6 Å². The molecular weight excluding hydrogens is 380 g/mol. The van der Waals surface area contributed by atoms with Crippen LogP contribution in [0, 0.1) is 5.92 Å². The van der Waals surface area contributed by atoms with Gasteiger partial charge in [-0.3, -0.25) is 4.79 Å². The predicted molar refractivity (Wildman–Crippen MR) is 97.1 cm³/mol. The van der Waals surface area contributed by atoms with Gasteiger partial charge in [0.05, 0.1) is 16.6 Å². The molecule has 3 rings (SSSR count). The molecule has 1 aliphatic rings. The van der Waals surface area contributed by atoms with Crippen LogP contribution in [0.15, 0.2) is 27.1 Å². The van der Waals surface area contributed by atoms with E-state index in [9.17, 15) is 13.2 Å². The lowest BCUT2D eigenvalue weighted by Gasteiger charge is -2.29. The first-order valence-corrected chi connectivity index (χ1v) is 11.3. The zero-order valence-electron chi connectivity index (χ0n) is 13.9. The van der Waals surface area contributed by atoms with Crippen LogP contribution in [-0.4, -0.2) is 36.8 Å². The van der Waals surface area contributed by atoms with Crippen molar-refractivity contribution in [2.45, 2.75) is 37.0 Å². The van der Waals surface area contributed by atoms with Crippen molar-refractivity contribution in [1.82, 2.24) is 9.29 Å². The molecule has 1 saturated heterocycles. The number of ether oxygens (including phenoxy) is 1. The molecule has 0 atom stereocenters. The van der Waals surface area contributed by atoms with Gasteiger partial charge in [0.25, 0.3) is 10.0 Å². The molecule has 3 heterocycles. The van der Waals surface area contributed by atoms with Crippen LogP contribution in [-0.2, 0) is 32.6 Å². The monoisotopic (exact) mass is 400 g/mol. The van der Waals surface area contributed by atoms with E-state index in [-0.39, 0.29) is 18.5 Å². The van der Waals surface area contributed by atoms with E-state index in [1.165, 1.54) is 15.6 Å². The van der Waals surface area contributed by atoms with Gasteiger partial charge in [-0.1, -0.05) is 13.0 Å². The molecule has 1 aliphatic heterocycles. The number of thiophene rings is 1. The fourth-order valence-electron chi connectivity index (χ4n) is 2.71. The summed E-state index contributed by atoms with van der Waals surface area (Å²) < 4.78 is 32.1. The van der Waals surface area contributed by atoms with Crippen molar-refractivity contribution in [3.63, 3.8) is 0 Å². The van der Waals surface area contributed by atoms with Crippen LogP contribution in [0.5, 0.6) is 0 Å². The minimum Gasteiger partial charge on any atom is -0.459 e. The maximum atomic E-state index is 12.5. The van der Waals surface area contributed by atoms with Gasteiger partial charge in [0.1, 0.15) is 10.8 Å². The number of piperidine rings is 1. The van der Waals surface area contributed by atoms with Crippen molar-refractivity contribution in [2.24, 2.45) is 5.92 Å². The largest absolute Gasteiger partial charge is 0.459 e. The van der Waals surface area contributed by atoms with Crippen molar-refractivity contribution >= 4 is 38.7 Å². The average molecular weight is 401 g/mol. The molecule has 136 valence electrons. The third kappa shape index (κ3) is 4.28. The van der Waals surface area contributed by atoms with E-state index in [4.69, 9.17) is 4.74 Å². The summed E-state index contributed by atoms with van der Waals surface area (Å²) >= 11 is 2.78. The molecule has 0 radical (unpaired) electrons. The highest BCUT2D eigenvalue weighted by atomic mass is 32.2. The normalized spacial score (nSPS) is 16.8. The molecule has 0 amide bonds. The quantitative estimate of drug-likeness (QED) is 0.697. The SMILES string of the molecule is CCc1nc(COC(=O)C2CCN(S(=O)(=O)c3cccs3)CC2)cs1. The highest BCUT2D eigenvalue weighted by Crippen LogP contribution is 2.27. The molecule has 6 nitrogen and oxygen atoms in total. The van der Waals surface area contributed by atoms with Gasteiger partial charge >= 0.3 is 5.97 Å². The van der Waals surface area contributed by atoms with Gasteiger partial charge in [0, 0.05) is 18.5 Å². The van der Waals surface area contributed by atoms with Crippen molar-refractivity contribution in [1.29, 1.82) is 0 Å². The van der Waals surface area contributed by atoms with E-state index >= 15 is 0 Å². The van der Waals surface area contributed by atoms with Gasteiger partial charge in [-0.25, -0.2) is 13.4 Å². The van der Waals surface area contributed by atoms with E-state index in [0.29, 0.717) is 30.1 Å². The first kappa shape index (κ1) is 18.5. The Morgan fingerprint density at radius 3 is 2.72 bits per heavy atom. The standard InChI is InChI=1S/C16H20N2O4S3/c1-2-14-17-13(11-24-14)10-22-16(19)12-5-7-18(8-6-12)25(20,21)15-4-3-9-23-15/h3-4,9,11-12H,2,5-8,10H2,1H3. The van der Waals surface area contributed by atoms with Crippen molar-refractivity contribution < 1.29 is 17.9 Å². The summed E-state index contributed by atoms with van der Waals surface area (Å²) in [6.45, 7) is 2.91. The van der Waals surface area contributed by atoms with Crippen LogP contribution in [0.2, 0.25) is 0 Å². The minimum atomic E-state index is -3.43. The van der Waals surface area contributed by atoms with Crippen molar-refractivity contribution in [2.75, 3.05) is 13.1 Å². The Hall–Kier alpha value is -1.29. The lowest BCUT2D eigenvalue weighted by molar-refractivity contribution is -0.151.